The van der Waals surface area contributed by atoms with E-state index in [2.05, 4.69) is 40.9 Å². The summed E-state index contributed by atoms with van der Waals surface area (Å²) in [5.74, 6) is 1.27. The predicted molar refractivity (Wildman–Crippen MR) is 127 cm³/mol. The number of hydrogen-bond acceptors (Lipinski definition) is 5. The maximum Gasteiger partial charge on any atom is 0.239 e. The van der Waals surface area contributed by atoms with Crippen molar-refractivity contribution in [3.63, 3.8) is 0 Å². The summed E-state index contributed by atoms with van der Waals surface area (Å²) >= 11 is 0. The van der Waals surface area contributed by atoms with E-state index >= 15 is 0 Å². The average molecular weight is 522 g/mol. The van der Waals surface area contributed by atoms with Crippen molar-refractivity contribution in [1.82, 2.24) is 24.9 Å². The Bertz CT molecular complexity index is 535. The Kier molecular flexibility index (Phi) is 10.4. The summed E-state index contributed by atoms with van der Waals surface area (Å²) in [5.41, 5.74) is 0. The summed E-state index contributed by atoms with van der Waals surface area (Å²) in [6, 6.07) is -0.0223. The molecule has 3 rings (SSSR count). The van der Waals surface area contributed by atoms with Crippen LogP contribution in [-0.2, 0) is 9.53 Å². The number of ether oxygens (including phenoxy) is 1. The summed E-state index contributed by atoms with van der Waals surface area (Å²) in [6.45, 7) is 13.9. The molecule has 1 N–H and O–H groups in total. The second-order valence-corrected chi connectivity index (χ2v) is 8.18. The molecule has 0 spiro atoms. The minimum Gasteiger partial charge on any atom is -0.374 e. The zero-order chi connectivity index (χ0) is 19.9. The second-order valence-electron chi connectivity index (χ2n) is 8.18. The Morgan fingerprint density at radius 3 is 2.41 bits per heavy atom. The lowest BCUT2D eigenvalue weighted by molar-refractivity contribution is -0.135. The minimum absolute atomic E-state index is 0. The highest BCUT2D eigenvalue weighted by Gasteiger charge is 2.30. The number of morpholine rings is 1. The maximum absolute atomic E-state index is 12.7. The molecule has 3 aliphatic heterocycles. The van der Waals surface area contributed by atoms with Crippen LogP contribution in [0.2, 0.25) is 0 Å². The number of rotatable bonds is 5. The number of likely N-dealkylation sites (tertiary alicyclic amines) is 1. The van der Waals surface area contributed by atoms with Crippen molar-refractivity contribution in [2.45, 2.75) is 38.8 Å². The third-order valence-electron chi connectivity index (χ3n) is 6.06. The molecule has 168 valence electrons. The van der Waals surface area contributed by atoms with Crippen molar-refractivity contribution >= 4 is 35.8 Å². The highest BCUT2D eigenvalue weighted by molar-refractivity contribution is 14.0. The highest BCUT2D eigenvalue weighted by Crippen LogP contribution is 2.14. The molecule has 3 heterocycles. The number of likely N-dealkylation sites (N-methyl/N-ethyl adjacent to an activating group) is 1. The first-order valence-electron chi connectivity index (χ1n) is 10.9. The van der Waals surface area contributed by atoms with Gasteiger partial charge in [0.25, 0.3) is 0 Å². The molecule has 0 saturated carbocycles. The molecule has 3 saturated heterocycles. The fraction of sp³-hybridized carbons (Fsp3) is 0.900. The normalized spacial score (nSPS) is 25.6. The molecule has 3 fully saturated rings. The molecule has 0 aliphatic carbocycles. The Balaban J connectivity index is 0.00000300. The van der Waals surface area contributed by atoms with Gasteiger partial charge in [-0.05, 0) is 33.7 Å². The van der Waals surface area contributed by atoms with Crippen molar-refractivity contribution in [2.75, 3.05) is 79.1 Å². The number of piperazine rings is 1. The van der Waals surface area contributed by atoms with Gasteiger partial charge in [-0.2, -0.15) is 0 Å². The van der Waals surface area contributed by atoms with E-state index in [1.54, 1.807) is 0 Å². The van der Waals surface area contributed by atoms with Crippen LogP contribution in [0, 0.1) is 0 Å². The van der Waals surface area contributed by atoms with Gasteiger partial charge in [-0.3, -0.25) is 14.7 Å². The third kappa shape index (κ3) is 6.93. The maximum atomic E-state index is 12.7. The molecule has 0 aromatic rings. The monoisotopic (exact) mass is 522 g/mol. The van der Waals surface area contributed by atoms with E-state index < -0.39 is 0 Å². The summed E-state index contributed by atoms with van der Waals surface area (Å²) in [5, 5.41) is 3.43. The molecule has 0 aromatic heterocycles. The van der Waals surface area contributed by atoms with Crippen LogP contribution in [0.1, 0.15) is 26.7 Å². The first-order chi connectivity index (χ1) is 13.6. The number of nitrogens with one attached hydrogen (secondary N) is 1. The third-order valence-corrected chi connectivity index (χ3v) is 6.06. The van der Waals surface area contributed by atoms with Gasteiger partial charge in [0.05, 0.1) is 25.3 Å². The lowest BCUT2D eigenvalue weighted by atomic mass is 10.2. The number of nitrogens with zero attached hydrogens (tertiary/aromatic N) is 5. The quantitative estimate of drug-likeness (QED) is 0.323. The van der Waals surface area contributed by atoms with E-state index in [1.807, 2.05) is 4.90 Å². The molecule has 2 unspecified atom stereocenters. The lowest BCUT2D eigenvalue weighted by Gasteiger charge is -2.39. The van der Waals surface area contributed by atoms with E-state index in [9.17, 15) is 4.79 Å². The van der Waals surface area contributed by atoms with E-state index in [4.69, 9.17) is 9.73 Å². The van der Waals surface area contributed by atoms with E-state index in [1.165, 1.54) is 0 Å². The highest BCUT2D eigenvalue weighted by atomic mass is 127. The predicted octanol–water partition coefficient (Wildman–Crippen LogP) is 0.529. The number of carbonyl (C=O) groups excluding carboxylic acids is 1. The number of amides is 1. The molecule has 0 bridgehead atoms. The van der Waals surface area contributed by atoms with Crippen molar-refractivity contribution < 1.29 is 9.53 Å². The van der Waals surface area contributed by atoms with Gasteiger partial charge in [-0.25, -0.2) is 0 Å². The molecule has 9 heteroatoms. The van der Waals surface area contributed by atoms with Crippen LogP contribution >= 0.6 is 24.0 Å². The molecule has 0 aromatic carbocycles. The zero-order valence-corrected chi connectivity index (χ0v) is 20.6. The smallest absolute Gasteiger partial charge is 0.239 e. The largest absolute Gasteiger partial charge is 0.374 e. The van der Waals surface area contributed by atoms with Crippen LogP contribution < -0.4 is 5.32 Å². The summed E-state index contributed by atoms with van der Waals surface area (Å²) in [6.07, 6.45) is 2.47. The van der Waals surface area contributed by atoms with Gasteiger partial charge >= 0.3 is 0 Å². The lowest BCUT2D eigenvalue weighted by Crippen LogP contribution is -2.57. The minimum atomic E-state index is -0.0223. The van der Waals surface area contributed by atoms with Crippen LogP contribution in [0.15, 0.2) is 4.99 Å². The first-order valence-corrected chi connectivity index (χ1v) is 10.9. The zero-order valence-electron chi connectivity index (χ0n) is 18.3. The molecule has 8 nitrogen and oxygen atoms in total. The van der Waals surface area contributed by atoms with E-state index in [0.29, 0.717) is 12.5 Å². The van der Waals surface area contributed by atoms with Crippen molar-refractivity contribution in [3.05, 3.63) is 0 Å². The SMILES string of the molecule is CCNC(=NCC1CN(C)CCO1)N1CCN(C(C)C(=O)N2CCCC2)CC1.I. The summed E-state index contributed by atoms with van der Waals surface area (Å²) in [7, 11) is 2.13. The summed E-state index contributed by atoms with van der Waals surface area (Å²) in [4.78, 5) is 26.5. The van der Waals surface area contributed by atoms with Crippen LogP contribution in [0.4, 0.5) is 0 Å². The standard InChI is InChI=1S/C20H38N6O2.HI/c1-4-21-20(22-15-18-16-23(3)13-14-28-18)26-11-9-24(10-12-26)17(2)19(27)25-7-5-6-8-25;/h17-18H,4-16H2,1-3H3,(H,21,22);1H. The average Bonchev–Trinajstić information content (AvgIpc) is 3.25. The number of carbonyl (C=O) groups is 1. The van der Waals surface area contributed by atoms with Gasteiger partial charge in [0.2, 0.25) is 5.91 Å². The number of hydrogen-bond donors (Lipinski definition) is 1. The molecule has 2 atom stereocenters. The molecule has 0 radical (unpaired) electrons. The van der Waals surface area contributed by atoms with Crippen LogP contribution in [0.5, 0.6) is 0 Å². The number of halogens is 1. The van der Waals surface area contributed by atoms with Gasteiger partial charge in [0.1, 0.15) is 0 Å². The Morgan fingerprint density at radius 1 is 1.10 bits per heavy atom. The molecule has 1 amide bonds. The van der Waals surface area contributed by atoms with E-state index in [-0.39, 0.29) is 36.1 Å². The van der Waals surface area contributed by atoms with Gasteiger partial charge in [0, 0.05) is 58.9 Å². The molecule has 29 heavy (non-hydrogen) atoms. The fourth-order valence-corrected chi connectivity index (χ4v) is 4.27. The molecular weight excluding hydrogens is 483 g/mol. The first kappa shape index (κ1) is 24.6. The van der Waals surface area contributed by atoms with E-state index in [0.717, 1.165) is 84.3 Å². The second kappa shape index (κ2) is 12.3. The van der Waals surface area contributed by atoms with Crippen LogP contribution in [0.25, 0.3) is 0 Å². The van der Waals surface area contributed by atoms with Crippen molar-refractivity contribution in [2.24, 2.45) is 4.99 Å². The van der Waals surface area contributed by atoms with Crippen molar-refractivity contribution in [3.8, 4) is 0 Å². The molecule has 3 aliphatic rings. The Hall–Kier alpha value is -0.650. The Labute approximate surface area is 193 Å². The molecular formula is C20H39IN6O2. The van der Waals surface area contributed by atoms with Gasteiger partial charge < -0.3 is 24.8 Å². The fourth-order valence-electron chi connectivity index (χ4n) is 4.27. The van der Waals surface area contributed by atoms with Crippen LogP contribution in [-0.4, -0.2) is 123 Å². The number of aliphatic imine (C=N–C) groups is 1. The van der Waals surface area contributed by atoms with Gasteiger partial charge in [0.15, 0.2) is 5.96 Å². The number of guanidine groups is 1. The van der Waals surface area contributed by atoms with Crippen molar-refractivity contribution in [1.29, 1.82) is 0 Å². The van der Waals surface area contributed by atoms with Gasteiger partial charge in [-0.1, -0.05) is 0 Å². The summed E-state index contributed by atoms with van der Waals surface area (Å²) < 4.78 is 5.84. The Morgan fingerprint density at radius 2 is 1.79 bits per heavy atom. The van der Waals surface area contributed by atoms with Crippen LogP contribution in [0.3, 0.4) is 0 Å². The topological polar surface area (TPSA) is 63.7 Å². The van der Waals surface area contributed by atoms with Gasteiger partial charge in [-0.15, -0.1) is 24.0 Å².